The zero-order valence-electron chi connectivity index (χ0n) is 9.56. The first-order chi connectivity index (χ1) is 8.22. The van der Waals surface area contributed by atoms with Crippen LogP contribution in [0.4, 0.5) is 5.95 Å². The number of halogens is 1. The summed E-state index contributed by atoms with van der Waals surface area (Å²) >= 11 is 5.97. The van der Waals surface area contributed by atoms with Gasteiger partial charge >= 0.3 is 0 Å². The SMILES string of the molecule is COCCn1c(-c2cccc(Cl)c2)cnc1N. The van der Waals surface area contributed by atoms with E-state index in [1.54, 1.807) is 13.3 Å². The van der Waals surface area contributed by atoms with Gasteiger partial charge in [-0.25, -0.2) is 4.98 Å². The van der Waals surface area contributed by atoms with E-state index in [4.69, 9.17) is 22.1 Å². The zero-order chi connectivity index (χ0) is 12.3. The summed E-state index contributed by atoms with van der Waals surface area (Å²) in [5, 5.41) is 0.695. The van der Waals surface area contributed by atoms with Gasteiger partial charge in [-0.3, -0.25) is 0 Å². The molecular weight excluding hydrogens is 238 g/mol. The Kier molecular flexibility index (Phi) is 3.66. The highest BCUT2D eigenvalue weighted by Crippen LogP contribution is 2.24. The normalized spacial score (nSPS) is 10.7. The van der Waals surface area contributed by atoms with Crippen LogP contribution in [-0.2, 0) is 11.3 Å². The van der Waals surface area contributed by atoms with Crippen LogP contribution in [0.5, 0.6) is 0 Å². The van der Waals surface area contributed by atoms with Crippen molar-refractivity contribution in [2.75, 3.05) is 19.5 Å². The molecule has 0 aliphatic heterocycles. The standard InChI is InChI=1S/C12H14ClN3O/c1-17-6-5-16-11(8-15-12(16)14)9-3-2-4-10(13)7-9/h2-4,7-8H,5-6H2,1H3,(H2,14,15). The molecule has 5 heteroatoms. The van der Waals surface area contributed by atoms with Crippen molar-refractivity contribution in [3.05, 3.63) is 35.5 Å². The second-order valence-electron chi connectivity index (χ2n) is 3.66. The number of benzene rings is 1. The number of ether oxygens (including phenoxy) is 1. The highest BCUT2D eigenvalue weighted by Gasteiger charge is 2.09. The number of aromatic nitrogens is 2. The van der Waals surface area contributed by atoms with E-state index in [1.165, 1.54) is 0 Å². The summed E-state index contributed by atoms with van der Waals surface area (Å²) in [6, 6.07) is 7.61. The Morgan fingerprint density at radius 3 is 3.00 bits per heavy atom. The first-order valence-electron chi connectivity index (χ1n) is 5.28. The molecule has 1 heterocycles. The van der Waals surface area contributed by atoms with Crippen LogP contribution in [0.1, 0.15) is 0 Å². The average molecular weight is 252 g/mol. The smallest absolute Gasteiger partial charge is 0.200 e. The summed E-state index contributed by atoms with van der Waals surface area (Å²) in [5.41, 5.74) is 7.77. The molecule has 0 bridgehead atoms. The molecule has 1 aromatic heterocycles. The Morgan fingerprint density at radius 1 is 1.47 bits per heavy atom. The van der Waals surface area contributed by atoms with Crippen molar-refractivity contribution in [2.45, 2.75) is 6.54 Å². The molecule has 0 atom stereocenters. The van der Waals surface area contributed by atoms with Crippen LogP contribution in [0.25, 0.3) is 11.3 Å². The van der Waals surface area contributed by atoms with Gasteiger partial charge in [-0.05, 0) is 12.1 Å². The van der Waals surface area contributed by atoms with Gasteiger partial charge in [-0.1, -0.05) is 23.7 Å². The van der Waals surface area contributed by atoms with Crippen molar-refractivity contribution in [3.63, 3.8) is 0 Å². The molecule has 0 amide bonds. The molecule has 2 aromatic rings. The molecule has 1 aromatic carbocycles. The molecule has 0 unspecified atom stereocenters. The number of anilines is 1. The largest absolute Gasteiger partial charge is 0.383 e. The Morgan fingerprint density at radius 2 is 2.29 bits per heavy atom. The van der Waals surface area contributed by atoms with Crippen LogP contribution in [0.3, 0.4) is 0 Å². The third-order valence-electron chi connectivity index (χ3n) is 2.53. The Labute approximate surface area is 105 Å². The second-order valence-corrected chi connectivity index (χ2v) is 4.09. The number of nitrogens with two attached hydrogens (primary N) is 1. The molecule has 0 aliphatic carbocycles. The van der Waals surface area contributed by atoms with Gasteiger partial charge in [0.05, 0.1) is 18.5 Å². The lowest BCUT2D eigenvalue weighted by Gasteiger charge is -2.09. The summed E-state index contributed by atoms with van der Waals surface area (Å²) in [4.78, 5) is 4.12. The van der Waals surface area contributed by atoms with E-state index >= 15 is 0 Å². The molecule has 0 radical (unpaired) electrons. The van der Waals surface area contributed by atoms with Crippen LogP contribution >= 0.6 is 11.6 Å². The molecule has 17 heavy (non-hydrogen) atoms. The van der Waals surface area contributed by atoms with E-state index in [-0.39, 0.29) is 0 Å². The number of nitrogen functional groups attached to an aromatic ring is 1. The molecule has 0 saturated carbocycles. The summed E-state index contributed by atoms with van der Waals surface area (Å²) in [7, 11) is 1.66. The number of methoxy groups -OCH3 is 1. The van der Waals surface area contributed by atoms with Gasteiger partial charge in [-0.15, -0.1) is 0 Å². The van der Waals surface area contributed by atoms with Crippen molar-refractivity contribution in [1.82, 2.24) is 9.55 Å². The average Bonchev–Trinajstić information content (AvgIpc) is 2.68. The maximum atomic E-state index is 5.97. The van der Waals surface area contributed by atoms with Crippen molar-refractivity contribution in [3.8, 4) is 11.3 Å². The Balaban J connectivity index is 2.38. The van der Waals surface area contributed by atoms with Gasteiger partial charge in [0.2, 0.25) is 5.95 Å². The molecule has 4 nitrogen and oxygen atoms in total. The Bertz CT molecular complexity index is 510. The molecule has 0 saturated heterocycles. The topological polar surface area (TPSA) is 53.1 Å². The molecule has 0 aliphatic rings. The monoisotopic (exact) mass is 251 g/mol. The van der Waals surface area contributed by atoms with Crippen molar-refractivity contribution < 1.29 is 4.74 Å². The fourth-order valence-corrected chi connectivity index (χ4v) is 1.88. The van der Waals surface area contributed by atoms with Crippen molar-refractivity contribution >= 4 is 17.5 Å². The summed E-state index contributed by atoms with van der Waals surface area (Å²) in [5.74, 6) is 0.483. The van der Waals surface area contributed by atoms with Gasteiger partial charge < -0.3 is 15.0 Å². The highest BCUT2D eigenvalue weighted by atomic mass is 35.5. The Hall–Kier alpha value is -1.52. The lowest BCUT2D eigenvalue weighted by Crippen LogP contribution is -2.09. The van der Waals surface area contributed by atoms with Gasteiger partial charge in [0.1, 0.15) is 0 Å². The minimum atomic E-state index is 0.483. The van der Waals surface area contributed by atoms with Crippen LogP contribution in [0, 0.1) is 0 Å². The first-order valence-corrected chi connectivity index (χ1v) is 5.66. The third kappa shape index (κ3) is 2.60. The lowest BCUT2D eigenvalue weighted by atomic mass is 10.2. The van der Waals surface area contributed by atoms with Crippen LogP contribution in [0.2, 0.25) is 5.02 Å². The summed E-state index contributed by atoms with van der Waals surface area (Å²) in [6.07, 6.45) is 1.75. The number of hydrogen-bond acceptors (Lipinski definition) is 3. The van der Waals surface area contributed by atoms with Gasteiger partial charge in [-0.2, -0.15) is 0 Å². The van der Waals surface area contributed by atoms with Crippen molar-refractivity contribution in [1.29, 1.82) is 0 Å². The number of imidazole rings is 1. The highest BCUT2D eigenvalue weighted by molar-refractivity contribution is 6.30. The lowest BCUT2D eigenvalue weighted by molar-refractivity contribution is 0.188. The fourth-order valence-electron chi connectivity index (χ4n) is 1.69. The van der Waals surface area contributed by atoms with E-state index < -0.39 is 0 Å². The molecule has 0 fully saturated rings. The van der Waals surface area contributed by atoms with Gasteiger partial charge in [0.25, 0.3) is 0 Å². The summed E-state index contributed by atoms with van der Waals surface area (Å²) < 4.78 is 6.97. The molecule has 2 N–H and O–H groups in total. The molecule has 0 spiro atoms. The minimum Gasteiger partial charge on any atom is -0.383 e. The third-order valence-corrected chi connectivity index (χ3v) is 2.76. The quantitative estimate of drug-likeness (QED) is 0.908. The second kappa shape index (κ2) is 5.21. The maximum Gasteiger partial charge on any atom is 0.200 e. The maximum absolute atomic E-state index is 5.97. The predicted molar refractivity (Wildman–Crippen MR) is 69.0 cm³/mol. The van der Waals surface area contributed by atoms with E-state index in [1.807, 2.05) is 28.8 Å². The van der Waals surface area contributed by atoms with E-state index in [2.05, 4.69) is 4.98 Å². The molecule has 90 valence electrons. The zero-order valence-corrected chi connectivity index (χ0v) is 10.3. The van der Waals surface area contributed by atoms with Gasteiger partial charge in [0.15, 0.2) is 0 Å². The molecular formula is C12H14ClN3O. The van der Waals surface area contributed by atoms with Gasteiger partial charge in [0, 0.05) is 24.2 Å². The first kappa shape index (κ1) is 12.0. The predicted octanol–water partition coefficient (Wildman–Crippen LogP) is 2.43. The van der Waals surface area contributed by atoms with Crippen LogP contribution in [0.15, 0.2) is 30.5 Å². The number of hydrogen-bond donors (Lipinski definition) is 1. The van der Waals surface area contributed by atoms with Crippen molar-refractivity contribution in [2.24, 2.45) is 0 Å². The summed E-state index contributed by atoms with van der Waals surface area (Å²) in [6.45, 7) is 1.26. The van der Waals surface area contributed by atoms with E-state index in [9.17, 15) is 0 Å². The fraction of sp³-hybridized carbons (Fsp3) is 0.250. The number of rotatable bonds is 4. The van der Waals surface area contributed by atoms with E-state index in [0.717, 1.165) is 11.3 Å². The minimum absolute atomic E-state index is 0.483. The van der Waals surface area contributed by atoms with Crippen LogP contribution in [-0.4, -0.2) is 23.3 Å². The van der Waals surface area contributed by atoms with E-state index in [0.29, 0.717) is 24.1 Å². The molecule has 2 rings (SSSR count). The number of nitrogens with zero attached hydrogens (tertiary/aromatic N) is 2. The van der Waals surface area contributed by atoms with Crippen LogP contribution < -0.4 is 5.73 Å².